The summed E-state index contributed by atoms with van der Waals surface area (Å²) in [5.41, 5.74) is 3.25. The van der Waals surface area contributed by atoms with Gasteiger partial charge >= 0.3 is 6.03 Å². The van der Waals surface area contributed by atoms with E-state index in [0.717, 1.165) is 31.3 Å². The fraction of sp³-hybridized carbons (Fsp3) is 0.100. The molecular formula is C30H24BrN3O4. The van der Waals surface area contributed by atoms with Crippen molar-refractivity contribution in [3.63, 3.8) is 0 Å². The first-order valence-electron chi connectivity index (χ1n) is 12.0. The number of anilines is 1. The number of carbonyl (C=O) groups is 3. The van der Waals surface area contributed by atoms with E-state index < -0.39 is 24.4 Å². The summed E-state index contributed by atoms with van der Waals surface area (Å²) < 4.78 is 6.89. The highest BCUT2D eigenvalue weighted by molar-refractivity contribution is 9.10. The summed E-state index contributed by atoms with van der Waals surface area (Å²) in [5, 5.41) is 7.56. The predicted molar refractivity (Wildman–Crippen MR) is 150 cm³/mol. The lowest BCUT2D eigenvalue weighted by Crippen LogP contribution is -2.38. The Labute approximate surface area is 228 Å². The third kappa shape index (κ3) is 5.76. The maximum Gasteiger partial charge on any atom is 0.329 e. The van der Waals surface area contributed by atoms with Gasteiger partial charge in [0.25, 0.3) is 5.91 Å². The molecule has 1 fully saturated rings. The summed E-state index contributed by atoms with van der Waals surface area (Å²) in [6.45, 7) is 1.83. The quantitative estimate of drug-likeness (QED) is 0.210. The van der Waals surface area contributed by atoms with Crippen molar-refractivity contribution in [3.05, 3.63) is 112 Å². The molecule has 8 heteroatoms. The first-order chi connectivity index (χ1) is 18.4. The van der Waals surface area contributed by atoms with Crippen molar-refractivity contribution >= 4 is 56.3 Å². The van der Waals surface area contributed by atoms with Crippen LogP contribution in [0.2, 0.25) is 0 Å². The molecule has 4 aromatic carbocycles. The molecule has 0 aromatic heterocycles. The minimum absolute atomic E-state index is 0.0620. The van der Waals surface area contributed by atoms with E-state index in [1.807, 2.05) is 49.4 Å². The zero-order valence-electron chi connectivity index (χ0n) is 20.5. The maximum absolute atomic E-state index is 13.0. The number of hydrogen-bond donors (Lipinski definition) is 2. The molecule has 0 atom stereocenters. The predicted octanol–water partition coefficient (Wildman–Crippen LogP) is 6.02. The average Bonchev–Trinajstić information content (AvgIpc) is 3.15. The second-order valence-electron chi connectivity index (χ2n) is 8.95. The number of benzene rings is 4. The molecule has 0 bridgehead atoms. The molecule has 0 aliphatic carbocycles. The molecule has 0 spiro atoms. The lowest BCUT2D eigenvalue weighted by atomic mass is 10.1. The van der Waals surface area contributed by atoms with E-state index in [2.05, 4.69) is 50.8 Å². The van der Waals surface area contributed by atoms with Gasteiger partial charge in [-0.25, -0.2) is 9.69 Å². The highest BCUT2D eigenvalue weighted by Gasteiger charge is 2.35. The largest absolute Gasteiger partial charge is 0.488 e. The Morgan fingerprint density at radius 2 is 1.79 bits per heavy atom. The Bertz CT molecular complexity index is 1600. The van der Waals surface area contributed by atoms with Crippen LogP contribution in [0.1, 0.15) is 16.7 Å². The minimum Gasteiger partial charge on any atom is -0.488 e. The molecule has 5 rings (SSSR count). The van der Waals surface area contributed by atoms with Crippen LogP contribution in [-0.2, 0) is 16.2 Å². The zero-order valence-corrected chi connectivity index (χ0v) is 22.1. The number of amides is 4. The molecule has 38 heavy (non-hydrogen) atoms. The van der Waals surface area contributed by atoms with Crippen LogP contribution in [0.5, 0.6) is 5.75 Å². The molecule has 2 N–H and O–H groups in total. The van der Waals surface area contributed by atoms with Crippen LogP contribution in [0.3, 0.4) is 0 Å². The molecular weight excluding hydrogens is 546 g/mol. The number of imide groups is 1. The van der Waals surface area contributed by atoms with Gasteiger partial charge in [0.1, 0.15) is 24.6 Å². The monoisotopic (exact) mass is 569 g/mol. The normalized spacial score (nSPS) is 14.2. The van der Waals surface area contributed by atoms with Crippen LogP contribution in [-0.4, -0.2) is 29.3 Å². The Kier molecular flexibility index (Phi) is 7.24. The van der Waals surface area contributed by atoms with E-state index in [1.165, 1.54) is 0 Å². The molecule has 1 saturated heterocycles. The number of fused-ring (bicyclic) bond motifs is 1. The number of carbonyl (C=O) groups excluding carboxylic acids is 3. The molecule has 0 saturated carbocycles. The number of halogens is 1. The van der Waals surface area contributed by atoms with Gasteiger partial charge in [-0.05, 0) is 71.3 Å². The van der Waals surface area contributed by atoms with E-state index in [9.17, 15) is 14.4 Å². The van der Waals surface area contributed by atoms with Crippen molar-refractivity contribution in [1.29, 1.82) is 0 Å². The van der Waals surface area contributed by atoms with Crippen molar-refractivity contribution in [2.45, 2.75) is 13.5 Å². The van der Waals surface area contributed by atoms with Crippen LogP contribution in [0, 0.1) is 6.92 Å². The van der Waals surface area contributed by atoms with Gasteiger partial charge in [-0.1, -0.05) is 64.5 Å². The van der Waals surface area contributed by atoms with Crippen molar-refractivity contribution in [2.24, 2.45) is 0 Å². The number of ether oxygens (including phenoxy) is 1. The summed E-state index contributed by atoms with van der Waals surface area (Å²) in [5.74, 6) is -0.511. The standard InChI is InChI=1S/C30H24BrN3O4/c1-19-5-4-8-25(13-19)32-28(35)17-34-29(36)26(33-30(34)37)16-23-15-24(31)11-12-27(23)38-18-20-9-10-21-6-2-3-7-22(21)14-20/h2-16H,17-18H2,1H3,(H,32,35)(H,33,37)/b26-16+. The van der Waals surface area contributed by atoms with E-state index in [0.29, 0.717) is 23.6 Å². The molecule has 190 valence electrons. The van der Waals surface area contributed by atoms with Gasteiger partial charge < -0.3 is 15.4 Å². The minimum atomic E-state index is -0.658. The summed E-state index contributed by atoms with van der Waals surface area (Å²) >= 11 is 3.46. The molecule has 4 amide bonds. The van der Waals surface area contributed by atoms with Crippen molar-refractivity contribution < 1.29 is 19.1 Å². The summed E-state index contributed by atoms with van der Waals surface area (Å²) in [7, 11) is 0. The van der Waals surface area contributed by atoms with Crippen molar-refractivity contribution in [2.75, 3.05) is 11.9 Å². The second-order valence-corrected chi connectivity index (χ2v) is 9.87. The average molecular weight is 570 g/mol. The third-order valence-corrected chi connectivity index (χ3v) is 6.54. The van der Waals surface area contributed by atoms with Crippen LogP contribution < -0.4 is 15.4 Å². The molecule has 7 nitrogen and oxygen atoms in total. The smallest absolute Gasteiger partial charge is 0.329 e. The lowest BCUT2D eigenvalue weighted by Gasteiger charge is -2.12. The summed E-state index contributed by atoms with van der Waals surface area (Å²) in [4.78, 5) is 38.9. The molecule has 1 aliphatic heterocycles. The fourth-order valence-corrected chi connectivity index (χ4v) is 4.57. The molecule has 1 heterocycles. The van der Waals surface area contributed by atoms with Gasteiger partial charge in [0.15, 0.2) is 0 Å². The number of hydrogen-bond acceptors (Lipinski definition) is 4. The Hall–Kier alpha value is -4.43. The molecule has 0 radical (unpaired) electrons. The molecule has 1 aliphatic rings. The lowest BCUT2D eigenvalue weighted by molar-refractivity contribution is -0.127. The highest BCUT2D eigenvalue weighted by Crippen LogP contribution is 2.28. The number of urea groups is 1. The van der Waals surface area contributed by atoms with Gasteiger partial charge in [0.2, 0.25) is 5.91 Å². The number of nitrogens with zero attached hydrogens (tertiary/aromatic N) is 1. The van der Waals surface area contributed by atoms with Gasteiger partial charge in [0, 0.05) is 15.7 Å². The first-order valence-corrected chi connectivity index (χ1v) is 12.8. The Morgan fingerprint density at radius 1 is 0.974 bits per heavy atom. The number of nitrogens with one attached hydrogen (secondary N) is 2. The van der Waals surface area contributed by atoms with Gasteiger partial charge in [-0.3, -0.25) is 9.59 Å². The van der Waals surface area contributed by atoms with Crippen LogP contribution in [0.4, 0.5) is 10.5 Å². The van der Waals surface area contributed by atoms with E-state index in [-0.39, 0.29) is 5.70 Å². The SMILES string of the molecule is Cc1cccc(NC(=O)CN2C(=O)N/C(=C/c3cc(Br)ccc3OCc3ccc4ccccc4c3)C2=O)c1. The van der Waals surface area contributed by atoms with Gasteiger partial charge in [0.05, 0.1) is 0 Å². The Morgan fingerprint density at radius 3 is 2.61 bits per heavy atom. The molecule has 4 aromatic rings. The van der Waals surface area contributed by atoms with Crippen molar-refractivity contribution in [1.82, 2.24) is 10.2 Å². The van der Waals surface area contributed by atoms with Gasteiger partial charge in [-0.15, -0.1) is 0 Å². The first kappa shape index (κ1) is 25.2. The van der Waals surface area contributed by atoms with Crippen molar-refractivity contribution in [3.8, 4) is 5.75 Å². The number of aryl methyl sites for hydroxylation is 1. The number of rotatable bonds is 7. The second kappa shape index (κ2) is 10.9. The zero-order chi connectivity index (χ0) is 26.6. The maximum atomic E-state index is 13.0. The van der Waals surface area contributed by atoms with Gasteiger partial charge in [-0.2, -0.15) is 0 Å². The van der Waals surface area contributed by atoms with Crippen LogP contribution in [0.15, 0.2) is 95.1 Å². The summed E-state index contributed by atoms with van der Waals surface area (Å²) in [6.07, 6.45) is 1.55. The van der Waals surface area contributed by atoms with Crippen LogP contribution >= 0.6 is 15.9 Å². The summed E-state index contributed by atoms with van der Waals surface area (Å²) in [6, 6.07) is 26.3. The van der Waals surface area contributed by atoms with E-state index in [4.69, 9.17) is 4.74 Å². The third-order valence-electron chi connectivity index (χ3n) is 6.05. The molecule has 0 unspecified atom stereocenters. The fourth-order valence-electron chi connectivity index (χ4n) is 4.19. The van der Waals surface area contributed by atoms with E-state index in [1.54, 1.807) is 24.3 Å². The highest BCUT2D eigenvalue weighted by atomic mass is 79.9. The van der Waals surface area contributed by atoms with E-state index >= 15 is 0 Å². The topological polar surface area (TPSA) is 87.7 Å². The Balaban J connectivity index is 1.30. The van der Waals surface area contributed by atoms with Crippen LogP contribution in [0.25, 0.3) is 16.8 Å².